The van der Waals surface area contributed by atoms with E-state index >= 15 is 0 Å². The van der Waals surface area contributed by atoms with Gasteiger partial charge >= 0.3 is 0 Å². The van der Waals surface area contributed by atoms with Crippen LogP contribution in [0.4, 0.5) is 0 Å². The second kappa shape index (κ2) is 7.22. The highest BCUT2D eigenvalue weighted by Gasteiger charge is 2.25. The first-order valence-electron chi connectivity index (χ1n) is 8.49. The first-order valence-corrected chi connectivity index (χ1v) is 9.28. The molecule has 0 amide bonds. The molecule has 0 aliphatic rings. The first-order chi connectivity index (χ1) is 11.5. The highest BCUT2D eigenvalue weighted by atomic mass is 79.9. The van der Waals surface area contributed by atoms with Gasteiger partial charge in [-0.15, -0.1) is 0 Å². The van der Waals surface area contributed by atoms with E-state index in [0.717, 1.165) is 15.8 Å². The first kappa shape index (κ1) is 19.5. The van der Waals surface area contributed by atoms with Crippen molar-refractivity contribution in [1.29, 1.82) is 5.26 Å². The van der Waals surface area contributed by atoms with E-state index in [1.165, 1.54) is 11.1 Å². The number of nitriles is 1. The Balaban J connectivity index is 2.45. The maximum Gasteiger partial charge on any atom is 0.137 e. The molecule has 0 N–H and O–H groups in total. The summed E-state index contributed by atoms with van der Waals surface area (Å²) in [5.74, 6) is 0.855. The van der Waals surface area contributed by atoms with Crippen LogP contribution in [0, 0.1) is 11.3 Å². The van der Waals surface area contributed by atoms with Crippen LogP contribution >= 0.6 is 15.9 Å². The Morgan fingerprint density at radius 3 is 2.20 bits per heavy atom. The monoisotopic (exact) mass is 399 g/mol. The number of ether oxygens (including phenoxy) is 1. The van der Waals surface area contributed by atoms with Gasteiger partial charge in [0.15, 0.2) is 0 Å². The van der Waals surface area contributed by atoms with Crippen molar-refractivity contribution in [3.8, 4) is 11.8 Å². The lowest BCUT2D eigenvalue weighted by Crippen LogP contribution is -2.18. The highest BCUT2D eigenvalue weighted by molar-refractivity contribution is 9.10. The molecule has 25 heavy (non-hydrogen) atoms. The molecule has 3 heteroatoms. The molecule has 0 fully saturated rings. The van der Waals surface area contributed by atoms with Crippen molar-refractivity contribution in [3.05, 3.63) is 63.1 Å². The van der Waals surface area contributed by atoms with E-state index in [0.29, 0.717) is 12.2 Å². The molecule has 0 atom stereocenters. The molecule has 0 aliphatic carbocycles. The predicted octanol–water partition coefficient (Wildman–Crippen LogP) is 6.49. The molecule has 0 saturated carbocycles. The number of rotatable bonds is 3. The van der Waals surface area contributed by atoms with Gasteiger partial charge in [0.25, 0.3) is 0 Å². The van der Waals surface area contributed by atoms with Crippen LogP contribution < -0.4 is 4.74 Å². The van der Waals surface area contributed by atoms with Gasteiger partial charge in [0, 0.05) is 11.1 Å². The fourth-order valence-corrected chi connectivity index (χ4v) is 3.21. The summed E-state index contributed by atoms with van der Waals surface area (Å²) >= 11 is 3.70. The van der Waals surface area contributed by atoms with Gasteiger partial charge in [-0.05, 0) is 44.5 Å². The Kier molecular flexibility index (Phi) is 5.64. The molecule has 0 aromatic heterocycles. The van der Waals surface area contributed by atoms with Gasteiger partial charge < -0.3 is 4.74 Å². The van der Waals surface area contributed by atoms with Crippen LogP contribution in [0.1, 0.15) is 63.8 Å². The van der Waals surface area contributed by atoms with Crippen molar-refractivity contribution in [2.45, 2.75) is 59.0 Å². The standard InChI is InChI=1S/C22H26BrNO/c1-21(2,3)17-11-18(22(4,5)6)20(19(23)12-17)25-14-16-10-8-7-9-15(16)13-24/h7-12H,14H2,1-6H3. The van der Waals surface area contributed by atoms with Gasteiger partial charge in [0.05, 0.1) is 16.1 Å². The zero-order valence-electron chi connectivity index (χ0n) is 15.9. The van der Waals surface area contributed by atoms with Crippen LogP contribution in [0.15, 0.2) is 40.9 Å². The van der Waals surface area contributed by atoms with Gasteiger partial charge in [-0.3, -0.25) is 0 Å². The van der Waals surface area contributed by atoms with E-state index < -0.39 is 0 Å². The zero-order valence-corrected chi connectivity index (χ0v) is 17.5. The number of benzene rings is 2. The molecule has 0 radical (unpaired) electrons. The second-order valence-electron chi connectivity index (χ2n) is 8.39. The third-order valence-corrected chi connectivity index (χ3v) is 4.82. The van der Waals surface area contributed by atoms with Crippen LogP contribution in [0.25, 0.3) is 0 Å². The zero-order chi connectivity index (χ0) is 18.8. The molecular formula is C22H26BrNO. The van der Waals surface area contributed by atoms with Crippen molar-refractivity contribution >= 4 is 15.9 Å². The highest BCUT2D eigenvalue weighted by Crippen LogP contribution is 2.41. The number of halogens is 1. The Morgan fingerprint density at radius 2 is 1.64 bits per heavy atom. The van der Waals surface area contributed by atoms with Crippen LogP contribution in [0.2, 0.25) is 0 Å². The lowest BCUT2D eigenvalue weighted by atomic mass is 9.80. The Hall–Kier alpha value is -1.79. The summed E-state index contributed by atoms with van der Waals surface area (Å²) in [5.41, 5.74) is 4.01. The van der Waals surface area contributed by atoms with Crippen LogP contribution in [-0.2, 0) is 17.4 Å². The molecular weight excluding hydrogens is 374 g/mol. The summed E-state index contributed by atoms with van der Waals surface area (Å²) in [6.07, 6.45) is 0. The number of nitrogens with zero attached hydrogens (tertiary/aromatic N) is 1. The molecule has 2 aromatic carbocycles. The van der Waals surface area contributed by atoms with Crippen molar-refractivity contribution < 1.29 is 4.74 Å². The summed E-state index contributed by atoms with van der Waals surface area (Å²) in [7, 11) is 0. The smallest absolute Gasteiger partial charge is 0.137 e. The fourth-order valence-electron chi connectivity index (χ4n) is 2.64. The molecule has 0 aliphatic heterocycles. The minimum atomic E-state index is -0.0478. The Labute approximate surface area is 160 Å². The van der Waals surface area contributed by atoms with Crippen LogP contribution in [-0.4, -0.2) is 0 Å². The molecule has 0 spiro atoms. The molecule has 0 bridgehead atoms. The minimum absolute atomic E-state index is 0.0478. The second-order valence-corrected chi connectivity index (χ2v) is 9.25. The normalized spacial score (nSPS) is 11.9. The number of hydrogen-bond acceptors (Lipinski definition) is 2. The van der Waals surface area contributed by atoms with Crippen LogP contribution in [0.3, 0.4) is 0 Å². The molecule has 2 rings (SSSR count). The summed E-state index contributed by atoms with van der Waals surface area (Å²) < 4.78 is 7.15. The maximum absolute atomic E-state index is 9.27. The molecule has 2 nitrogen and oxygen atoms in total. The van der Waals surface area contributed by atoms with Gasteiger partial charge in [-0.2, -0.15) is 5.26 Å². The van der Waals surface area contributed by atoms with Crippen LogP contribution in [0.5, 0.6) is 5.75 Å². The molecule has 0 saturated heterocycles. The van der Waals surface area contributed by atoms with Gasteiger partial charge in [0.1, 0.15) is 12.4 Å². The summed E-state index contributed by atoms with van der Waals surface area (Å²) in [4.78, 5) is 0. The lowest BCUT2D eigenvalue weighted by Gasteiger charge is -2.28. The van der Waals surface area contributed by atoms with Gasteiger partial charge in [-0.1, -0.05) is 65.8 Å². The topological polar surface area (TPSA) is 33.0 Å². The van der Waals surface area contributed by atoms with Gasteiger partial charge in [-0.25, -0.2) is 0 Å². The van der Waals surface area contributed by atoms with Gasteiger partial charge in [0.2, 0.25) is 0 Å². The average molecular weight is 400 g/mol. The average Bonchev–Trinajstić information content (AvgIpc) is 2.51. The quantitative estimate of drug-likeness (QED) is 0.590. The third-order valence-electron chi connectivity index (χ3n) is 4.23. The van der Waals surface area contributed by atoms with E-state index in [1.54, 1.807) is 0 Å². The molecule has 132 valence electrons. The predicted molar refractivity (Wildman–Crippen MR) is 107 cm³/mol. The summed E-state index contributed by atoms with van der Waals surface area (Å²) in [5, 5.41) is 9.27. The van der Waals surface area contributed by atoms with E-state index in [4.69, 9.17) is 4.74 Å². The summed E-state index contributed by atoms with van der Waals surface area (Å²) in [6, 6.07) is 14.2. The number of hydrogen-bond donors (Lipinski definition) is 0. The SMILES string of the molecule is CC(C)(C)c1cc(Br)c(OCc2ccccc2C#N)c(C(C)(C)C)c1. The minimum Gasteiger partial charge on any atom is -0.487 e. The lowest BCUT2D eigenvalue weighted by molar-refractivity contribution is 0.295. The molecule has 0 unspecified atom stereocenters. The van der Waals surface area contributed by atoms with Crippen molar-refractivity contribution in [1.82, 2.24) is 0 Å². The fraction of sp³-hybridized carbons (Fsp3) is 0.409. The molecule has 2 aromatic rings. The largest absolute Gasteiger partial charge is 0.487 e. The van der Waals surface area contributed by atoms with E-state index in [-0.39, 0.29) is 10.8 Å². The van der Waals surface area contributed by atoms with E-state index in [9.17, 15) is 5.26 Å². The Morgan fingerprint density at radius 1 is 1.00 bits per heavy atom. The molecule has 0 heterocycles. The van der Waals surface area contributed by atoms with E-state index in [1.807, 2.05) is 24.3 Å². The van der Waals surface area contributed by atoms with E-state index in [2.05, 4.69) is 75.7 Å². The third kappa shape index (κ3) is 4.64. The summed E-state index contributed by atoms with van der Waals surface area (Å²) in [6.45, 7) is 13.6. The Bertz CT molecular complexity index is 804. The van der Waals surface area contributed by atoms with Crippen molar-refractivity contribution in [3.63, 3.8) is 0 Å². The maximum atomic E-state index is 9.27. The van der Waals surface area contributed by atoms with Crippen molar-refractivity contribution in [2.75, 3.05) is 0 Å². The van der Waals surface area contributed by atoms with Crippen molar-refractivity contribution in [2.24, 2.45) is 0 Å².